The van der Waals surface area contributed by atoms with Crippen LogP contribution in [-0.2, 0) is 4.79 Å². The lowest BCUT2D eigenvalue weighted by Crippen LogP contribution is -2.05. The van der Waals surface area contributed by atoms with Crippen molar-refractivity contribution in [2.75, 3.05) is 0 Å². The molecule has 0 fully saturated rings. The highest BCUT2D eigenvalue weighted by Crippen LogP contribution is 2.08. The average molecular weight is 196 g/mol. The Morgan fingerprint density at radius 3 is 2.43 bits per heavy atom. The van der Waals surface area contributed by atoms with Crippen LogP contribution < -0.4 is 0 Å². The van der Waals surface area contributed by atoms with Gasteiger partial charge >= 0.3 is 0 Å². The van der Waals surface area contributed by atoms with Crippen LogP contribution in [0.4, 0.5) is 0 Å². The Morgan fingerprint density at radius 2 is 1.93 bits per heavy atom. The molecule has 2 heteroatoms. The third kappa shape index (κ3) is 7.74. The fourth-order valence-electron chi connectivity index (χ4n) is 1.07. The molecule has 0 radical (unpaired) electrons. The molecular weight excluding hydrogens is 176 g/mol. The average Bonchev–Trinajstić information content (AvgIpc) is 2.13. The second-order valence-electron chi connectivity index (χ2n) is 3.81. The Morgan fingerprint density at radius 1 is 1.29 bits per heavy atom. The van der Waals surface area contributed by atoms with E-state index in [4.69, 9.17) is 5.11 Å². The van der Waals surface area contributed by atoms with Gasteiger partial charge in [-0.1, -0.05) is 23.3 Å². The number of hydrogen-bond acceptors (Lipinski definition) is 2. The summed E-state index contributed by atoms with van der Waals surface area (Å²) in [6.45, 7) is 6.18. The first-order valence-corrected chi connectivity index (χ1v) is 4.98. The molecule has 1 atom stereocenters. The number of aliphatic hydroxyl groups excluding tert-OH is 1. The van der Waals surface area contributed by atoms with E-state index in [0.29, 0.717) is 12.7 Å². The van der Waals surface area contributed by atoms with Crippen molar-refractivity contribution in [2.45, 2.75) is 46.1 Å². The van der Waals surface area contributed by atoms with Crippen LogP contribution in [0.25, 0.3) is 0 Å². The minimum absolute atomic E-state index is 0.435. The van der Waals surface area contributed by atoms with E-state index in [2.05, 4.69) is 19.9 Å². The van der Waals surface area contributed by atoms with E-state index in [0.717, 1.165) is 12.8 Å². The van der Waals surface area contributed by atoms with Gasteiger partial charge in [-0.25, -0.2) is 0 Å². The van der Waals surface area contributed by atoms with Crippen LogP contribution in [0.3, 0.4) is 0 Å². The van der Waals surface area contributed by atoms with Crippen molar-refractivity contribution in [1.29, 1.82) is 0 Å². The number of rotatable bonds is 6. The Bertz CT molecular complexity index is 222. The molecule has 0 aromatic carbocycles. The summed E-state index contributed by atoms with van der Waals surface area (Å²) in [6, 6.07) is 0. The lowest BCUT2D eigenvalue weighted by molar-refractivity contribution is -0.114. The normalized spacial score (nSPS) is 13.6. The third-order valence-electron chi connectivity index (χ3n) is 1.96. The summed E-state index contributed by atoms with van der Waals surface area (Å²) in [6.07, 6.45) is 6.31. The number of allylic oxidation sites excluding steroid dienone is 3. The van der Waals surface area contributed by atoms with Crippen LogP contribution in [0.15, 0.2) is 23.3 Å². The van der Waals surface area contributed by atoms with Gasteiger partial charge in [-0.15, -0.1) is 0 Å². The van der Waals surface area contributed by atoms with E-state index < -0.39 is 6.10 Å². The maximum absolute atomic E-state index is 10.1. The molecule has 0 aromatic rings. The maximum Gasteiger partial charge on any atom is 0.148 e. The summed E-state index contributed by atoms with van der Waals surface area (Å²) in [7, 11) is 0. The van der Waals surface area contributed by atoms with Crippen LogP contribution in [0.1, 0.15) is 40.0 Å². The van der Waals surface area contributed by atoms with Crippen LogP contribution in [0, 0.1) is 0 Å². The van der Waals surface area contributed by atoms with E-state index in [1.165, 1.54) is 11.1 Å². The highest BCUT2D eigenvalue weighted by Gasteiger charge is 1.97. The molecule has 0 aliphatic heterocycles. The zero-order valence-corrected chi connectivity index (χ0v) is 9.29. The van der Waals surface area contributed by atoms with Gasteiger partial charge in [0.25, 0.3) is 0 Å². The summed E-state index contributed by atoms with van der Waals surface area (Å²) in [5, 5.41) is 9.00. The smallest absolute Gasteiger partial charge is 0.148 e. The third-order valence-corrected chi connectivity index (χ3v) is 1.96. The molecule has 1 unspecified atom stereocenters. The topological polar surface area (TPSA) is 37.3 Å². The van der Waals surface area contributed by atoms with Crippen molar-refractivity contribution >= 4 is 6.29 Å². The number of hydrogen-bond donors (Lipinski definition) is 1. The predicted octanol–water partition coefficient (Wildman–Crippen LogP) is 2.63. The number of aldehydes is 1. The molecule has 0 rings (SSSR count). The van der Waals surface area contributed by atoms with Gasteiger partial charge in [0.05, 0.1) is 0 Å². The van der Waals surface area contributed by atoms with Gasteiger partial charge in [0.1, 0.15) is 12.4 Å². The second kappa shape index (κ2) is 7.51. The zero-order valence-electron chi connectivity index (χ0n) is 9.29. The van der Waals surface area contributed by atoms with E-state index in [1.807, 2.05) is 13.0 Å². The number of carbonyl (C=O) groups excluding carboxylic acids is 1. The Balaban J connectivity index is 3.78. The molecule has 0 heterocycles. The molecule has 1 N–H and O–H groups in total. The van der Waals surface area contributed by atoms with Crippen LogP contribution in [-0.4, -0.2) is 17.5 Å². The number of aliphatic hydroxyl groups is 1. The first-order valence-electron chi connectivity index (χ1n) is 4.98. The molecular formula is C12H20O2. The van der Waals surface area contributed by atoms with Crippen molar-refractivity contribution in [3.63, 3.8) is 0 Å². The highest BCUT2D eigenvalue weighted by atomic mass is 16.3. The highest BCUT2D eigenvalue weighted by molar-refractivity contribution is 5.55. The fourth-order valence-corrected chi connectivity index (χ4v) is 1.07. The molecule has 0 aliphatic rings. The number of carbonyl (C=O) groups is 1. The Labute approximate surface area is 86.3 Å². The summed E-state index contributed by atoms with van der Waals surface area (Å²) in [4.78, 5) is 10.1. The van der Waals surface area contributed by atoms with Crippen LogP contribution in [0.2, 0.25) is 0 Å². The van der Waals surface area contributed by atoms with Gasteiger partial charge in [0.2, 0.25) is 0 Å². The quantitative estimate of drug-likeness (QED) is 0.524. The molecule has 0 aliphatic carbocycles. The van der Waals surface area contributed by atoms with E-state index >= 15 is 0 Å². The summed E-state index contributed by atoms with van der Waals surface area (Å²) in [5.74, 6) is 0. The molecule has 0 aromatic heterocycles. The maximum atomic E-state index is 10.1. The van der Waals surface area contributed by atoms with Gasteiger partial charge in [-0.2, -0.15) is 0 Å². The molecule has 0 amide bonds. The molecule has 0 saturated carbocycles. The Kier molecular flexibility index (Phi) is 7.03. The Hall–Kier alpha value is -0.890. The minimum Gasteiger partial charge on any atom is -0.385 e. The molecule has 14 heavy (non-hydrogen) atoms. The van der Waals surface area contributed by atoms with Gasteiger partial charge < -0.3 is 9.90 Å². The van der Waals surface area contributed by atoms with Crippen molar-refractivity contribution in [3.8, 4) is 0 Å². The molecule has 0 bridgehead atoms. The van der Waals surface area contributed by atoms with E-state index in [9.17, 15) is 4.79 Å². The largest absolute Gasteiger partial charge is 0.385 e. The SMILES string of the molecule is CC(C)=CCC/C(C)=C/CC(O)C=O. The second-order valence-corrected chi connectivity index (χ2v) is 3.81. The van der Waals surface area contributed by atoms with Crippen molar-refractivity contribution < 1.29 is 9.90 Å². The van der Waals surface area contributed by atoms with Gasteiger partial charge in [0.15, 0.2) is 0 Å². The summed E-state index contributed by atoms with van der Waals surface area (Å²) < 4.78 is 0. The predicted molar refractivity (Wildman–Crippen MR) is 59.1 cm³/mol. The monoisotopic (exact) mass is 196 g/mol. The standard InChI is InChI=1S/C12H20O2/c1-10(2)5-4-6-11(3)7-8-12(14)9-13/h5,7,9,12,14H,4,6,8H2,1-3H3/b11-7+. The van der Waals surface area contributed by atoms with Gasteiger partial charge in [-0.3, -0.25) is 0 Å². The zero-order chi connectivity index (χ0) is 11.0. The van der Waals surface area contributed by atoms with E-state index in [-0.39, 0.29) is 0 Å². The van der Waals surface area contributed by atoms with Crippen molar-refractivity contribution in [2.24, 2.45) is 0 Å². The molecule has 80 valence electrons. The lowest BCUT2D eigenvalue weighted by atomic mass is 10.1. The fraction of sp³-hybridized carbons (Fsp3) is 0.583. The van der Waals surface area contributed by atoms with E-state index in [1.54, 1.807) is 0 Å². The van der Waals surface area contributed by atoms with Crippen LogP contribution in [0.5, 0.6) is 0 Å². The summed E-state index contributed by atoms with van der Waals surface area (Å²) in [5.41, 5.74) is 2.55. The molecule has 2 nitrogen and oxygen atoms in total. The van der Waals surface area contributed by atoms with Crippen molar-refractivity contribution in [1.82, 2.24) is 0 Å². The first-order chi connectivity index (χ1) is 6.56. The lowest BCUT2D eigenvalue weighted by Gasteiger charge is -2.00. The first kappa shape index (κ1) is 13.1. The molecule has 0 saturated heterocycles. The molecule has 0 spiro atoms. The van der Waals surface area contributed by atoms with Crippen molar-refractivity contribution in [3.05, 3.63) is 23.3 Å². The summed E-state index contributed by atoms with van der Waals surface area (Å²) >= 11 is 0. The minimum atomic E-state index is -0.839. The van der Waals surface area contributed by atoms with Gasteiger partial charge in [0, 0.05) is 0 Å². The van der Waals surface area contributed by atoms with Crippen LogP contribution >= 0.6 is 0 Å². The van der Waals surface area contributed by atoms with Gasteiger partial charge in [-0.05, 0) is 40.0 Å².